The van der Waals surface area contributed by atoms with Crippen LogP contribution in [0.15, 0.2) is 73.3 Å². The van der Waals surface area contributed by atoms with Crippen molar-refractivity contribution in [1.29, 1.82) is 0 Å². The first-order chi connectivity index (χ1) is 8.72. The van der Waals surface area contributed by atoms with E-state index in [-0.39, 0.29) is 5.54 Å². The van der Waals surface area contributed by atoms with Crippen molar-refractivity contribution in [1.82, 2.24) is 0 Å². The van der Waals surface area contributed by atoms with Crippen molar-refractivity contribution in [3.05, 3.63) is 84.4 Å². The largest absolute Gasteiger partial charge is 0.321 e. The zero-order chi connectivity index (χ0) is 12.8. The van der Waals surface area contributed by atoms with Gasteiger partial charge in [0, 0.05) is 5.54 Å². The molecule has 0 aromatic heterocycles. The molecule has 0 fully saturated rings. The number of hydrogen-bond donors (Lipinski definition) is 1. The number of benzene rings is 2. The van der Waals surface area contributed by atoms with E-state index in [1.165, 1.54) is 11.1 Å². The summed E-state index contributed by atoms with van der Waals surface area (Å²) in [5.74, 6) is 0. The van der Waals surface area contributed by atoms with Crippen LogP contribution in [-0.2, 0) is 12.8 Å². The van der Waals surface area contributed by atoms with Gasteiger partial charge >= 0.3 is 0 Å². The quantitative estimate of drug-likeness (QED) is 0.793. The molecule has 0 bridgehead atoms. The van der Waals surface area contributed by atoms with E-state index < -0.39 is 0 Å². The van der Waals surface area contributed by atoms with E-state index in [9.17, 15) is 0 Å². The lowest BCUT2D eigenvalue weighted by atomic mass is 9.86. The van der Waals surface area contributed by atoms with Crippen LogP contribution in [0.1, 0.15) is 11.1 Å². The van der Waals surface area contributed by atoms with Gasteiger partial charge in [-0.05, 0) is 24.0 Å². The molecule has 1 nitrogen and oxygen atoms in total. The second-order valence-corrected chi connectivity index (χ2v) is 4.76. The Bertz CT molecular complexity index is 446. The standard InChI is InChI=1S/C17H19N/c1-2-17(18,13-15-9-5-3-6-10-15)14-16-11-7-4-8-12-16/h2-12H,1,13-14,18H2. The van der Waals surface area contributed by atoms with E-state index in [0.29, 0.717) is 0 Å². The van der Waals surface area contributed by atoms with E-state index >= 15 is 0 Å². The van der Waals surface area contributed by atoms with Crippen LogP contribution in [0.4, 0.5) is 0 Å². The fraction of sp³-hybridized carbons (Fsp3) is 0.176. The minimum atomic E-state index is -0.386. The molecule has 1 heteroatoms. The van der Waals surface area contributed by atoms with Crippen molar-refractivity contribution in [3.63, 3.8) is 0 Å². The Labute approximate surface area is 109 Å². The van der Waals surface area contributed by atoms with Crippen LogP contribution in [0, 0.1) is 0 Å². The van der Waals surface area contributed by atoms with E-state index in [0.717, 1.165) is 12.8 Å². The molecule has 2 aromatic rings. The van der Waals surface area contributed by atoms with Gasteiger partial charge in [-0.2, -0.15) is 0 Å². The molecule has 0 spiro atoms. The summed E-state index contributed by atoms with van der Waals surface area (Å²) in [7, 11) is 0. The van der Waals surface area contributed by atoms with Crippen molar-refractivity contribution in [3.8, 4) is 0 Å². The normalized spacial score (nSPS) is 11.2. The molecule has 2 aromatic carbocycles. The topological polar surface area (TPSA) is 26.0 Å². The second-order valence-electron chi connectivity index (χ2n) is 4.76. The molecule has 0 aliphatic heterocycles. The Hall–Kier alpha value is -1.86. The van der Waals surface area contributed by atoms with Crippen LogP contribution in [0.2, 0.25) is 0 Å². The first kappa shape index (κ1) is 12.6. The van der Waals surface area contributed by atoms with Crippen LogP contribution < -0.4 is 5.73 Å². The van der Waals surface area contributed by atoms with E-state index in [1.54, 1.807) is 0 Å². The Kier molecular flexibility index (Phi) is 3.96. The van der Waals surface area contributed by atoms with Crippen LogP contribution in [-0.4, -0.2) is 5.54 Å². The lowest BCUT2D eigenvalue weighted by molar-refractivity contribution is 0.523. The van der Waals surface area contributed by atoms with Gasteiger partial charge in [0.25, 0.3) is 0 Å². The number of rotatable bonds is 5. The molecule has 0 aliphatic carbocycles. The van der Waals surface area contributed by atoms with Gasteiger partial charge in [0.05, 0.1) is 0 Å². The average Bonchev–Trinajstić information content (AvgIpc) is 2.41. The summed E-state index contributed by atoms with van der Waals surface area (Å²) in [5.41, 5.74) is 8.55. The van der Waals surface area contributed by atoms with Gasteiger partial charge in [-0.25, -0.2) is 0 Å². The Morgan fingerprint density at radius 1 is 0.833 bits per heavy atom. The lowest BCUT2D eigenvalue weighted by Gasteiger charge is -2.26. The lowest BCUT2D eigenvalue weighted by Crippen LogP contribution is -2.42. The van der Waals surface area contributed by atoms with E-state index in [2.05, 4.69) is 30.8 Å². The van der Waals surface area contributed by atoms with Crippen molar-refractivity contribution < 1.29 is 0 Å². The van der Waals surface area contributed by atoms with Crippen molar-refractivity contribution in [2.75, 3.05) is 0 Å². The highest BCUT2D eigenvalue weighted by Crippen LogP contribution is 2.18. The van der Waals surface area contributed by atoms with Gasteiger partial charge in [0.1, 0.15) is 0 Å². The molecule has 92 valence electrons. The molecule has 0 saturated heterocycles. The predicted molar refractivity (Wildman–Crippen MR) is 77.4 cm³/mol. The van der Waals surface area contributed by atoms with Crippen molar-refractivity contribution in [2.24, 2.45) is 5.73 Å². The minimum absolute atomic E-state index is 0.386. The molecule has 0 saturated carbocycles. The highest BCUT2D eigenvalue weighted by Gasteiger charge is 2.21. The molecule has 18 heavy (non-hydrogen) atoms. The Morgan fingerprint density at radius 3 is 1.56 bits per heavy atom. The maximum absolute atomic E-state index is 6.44. The molecule has 0 unspecified atom stereocenters. The predicted octanol–water partition coefficient (Wildman–Crippen LogP) is 3.36. The minimum Gasteiger partial charge on any atom is -0.321 e. The SMILES string of the molecule is C=CC(N)(Cc1ccccc1)Cc1ccccc1. The molecule has 2 N–H and O–H groups in total. The molecule has 0 aliphatic rings. The Morgan fingerprint density at radius 2 is 1.22 bits per heavy atom. The van der Waals surface area contributed by atoms with Crippen molar-refractivity contribution >= 4 is 0 Å². The first-order valence-corrected chi connectivity index (χ1v) is 6.22. The van der Waals surface area contributed by atoms with E-state index in [4.69, 9.17) is 5.73 Å². The average molecular weight is 237 g/mol. The summed E-state index contributed by atoms with van der Waals surface area (Å²) < 4.78 is 0. The third kappa shape index (κ3) is 3.31. The van der Waals surface area contributed by atoms with Gasteiger partial charge in [-0.15, -0.1) is 6.58 Å². The number of hydrogen-bond acceptors (Lipinski definition) is 1. The molecule has 0 radical (unpaired) electrons. The first-order valence-electron chi connectivity index (χ1n) is 6.22. The molecule has 0 amide bonds. The van der Waals surface area contributed by atoms with Gasteiger partial charge in [-0.3, -0.25) is 0 Å². The third-order valence-corrected chi connectivity index (χ3v) is 3.16. The zero-order valence-corrected chi connectivity index (χ0v) is 10.5. The van der Waals surface area contributed by atoms with Crippen LogP contribution in [0.25, 0.3) is 0 Å². The summed E-state index contributed by atoms with van der Waals surface area (Å²) in [6.45, 7) is 3.90. The van der Waals surface area contributed by atoms with Crippen LogP contribution >= 0.6 is 0 Å². The van der Waals surface area contributed by atoms with Crippen molar-refractivity contribution in [2.45, 2.75) is 18.4 Å². The molecule has 2 rings (SSSR count). The zero-order valence-electron chi connectivity index (χ0n) is 10.5. The van der Waals surface area contributed by atoms with Gasteiger partial charge in [-0.1, -0.05) is 66.7 Å². The van der Waals surface area contributed by atoms with Gasteiger partial charge in [0.15, 0.2) is 0 Å². The van der Waals surface area contributed by atoms with Gasteiger partial charge in [0.2, 0.25) is 0 Å². The highest BCUT2D eigenvalue weighted by atomic mass is 14.7. The third-order valence-electron chi connectivity index (χ3n) is 3.16. The maximum Gasteiger partial charge on any atom is 0.0418 e. The fourth-order valence-electron chi connectivity index (χ4n) is 2.16. The molecular weight excluding hydrogens is 218 g/mol. The van der Waals surface area contributed by atoms with Gasteiger partial charge < -0.3 is 5.73 Å². The number of nitrogens with two attached hydrogens (primary N) is 1. The monoisotopic (exact) mass is 237 g/mol. The van der Waals surface area contributed by atoms with Crippen LogP contribution in [0.3, 0.4) is 0 Å². The smallest absolute Gasteiger partial charge is 0.0418 e. The van der Waals surface area contributed by atoms with E-state index in [1.807, 2.05) is 42.5 Å². The molecule has 0 atom stereocenters. The fourth-order valence-corrected chi connectivity index (χ4v) is 2.16. The maximum atomic E-state index is 6.44. The summed E-state index contributed by atoms with van der Waals surface area (Å²) in [4.78, 5) is 0. The summed E-state index contributed by atoms with van der Waals surface area (Å²) >= 11 is 0. The molecular formula is C17H19N. The summed E-state index contributed by atoms with van der Waals surface area (Å²) in [6.07, 6.45) is 3.49. The highest BCUT2D eigenvalue weighted by molar-refractivity contribution is 5.25. The Balaban J connectivity index is 2.13. The summed E-state index contributed by atoms with van der Waals surface area (Å²) in [6, 6.07) is 20.6. The summed E-state index contributed by atoms with van der Waals surface area (Å²) in [5, 5.41) is 0. The second kappa shape index (κ2) is 5.65. The molecule has 0 heterocycles. The van der Waals surface area contributed by atoms with Crippen LogP contribution in [0.5, 0.6) is 0 Å².